The zero-order valence-corrected chi connectivity index (χ0v) is 16.2. The van der Waals surface area contributed by atoms with Crippen molar-refractivity contribution in [3.63, 3.8) is 0 Å². The van der Waals surface area contributed by atoms with E-state index in [2.05, 4.69) is 30.4 Å². The Bertz CT molecular complexity index is 987. The number of hydrogen-bond acceptors (Lipinski definition) is 6. The summed E-state index contributed by atoms with van der Waals surface area (Å²) in [5.74, 6) is 2.67. The van der Waals surface area contributed by atoms with Gasteiger partial charge < -0.3 is 10.2 Å². The van der Waals surface area contributed by atoms with Gasteiger partial charge in [-0.3, -0.25) is 4.57 Å². The smallest absolute Gasteiger partial charge is 0.343 e. The largest absolute Gasteiger partial charge is 0.373 e. The molecule has 0 bridgehead atoms. The first kappa shape index (κ1) is 18.2. The van der Waals surface area contributed by atoms with Gasteiger partial charge in [0.2, 0.25) is 5.95 Å². The van der Waals surface area contributed by atoms with Gasteiger partial charge in [0, 0.05) is 37.8 Å². The van der Waals surface area contributed by atoms with Crippen LogP contribution in [0.1, 0.15) is 35.8 Å². The van der Waals surface area contributed by atoms with Crippen LogP contribution in [0.15, 0.2) is 41.2 Å². The Morgan fingerprint density at radius 2 is 1.93 bits per heavy atom. The Labute approximate surface area is 163 Å². The van der Waals surface area contributed by atoms with E-state index in [1.54, 1.807) is 4.57 Å². The van der Waals surface area contributed by atoms with Crippen molar-refractivity contribution in [1.82, 2.24) is 24.7 Å². The molecule has 0 radical (unpaired) electrons. The van der Waals surface area contributed by atoms with E-state index in [-0.39, 0.29) is 11.6 Å². The maximum atomic E-state index is 12.3. The second-order valence-electron chi connectivity index (χ2n) is 7.16. The van der Waals surface area contributed by atoms with Gasteiger partial charge >= 0.3 is 5.69 Å². The molecule has 28 heavy (non-hydrogen) atoms. The molecule has 1 aromatic carbocycles. The molecule has 0 atom stereocenters. The molecule has 3 heterocycles. The van der Waals surface area contributed by atoms with Gasteiger partial charge in [-0.05, 0) is 25.3 Å². The molecule has 8 nitrogen and oxygen atoms in total. The maximum Gasteiger partial charge on any atom is 0.343 e. The summed E-state index contributed by atoms with van der Waals surface area (Å²) in [6, 6.07) is 11.9. The van der Waals surface area contributed by atoms with E-state index in [0.717, 1.165) is 54.8 Å². The second-order valence-corrected chi connectivity index (χ2v) is 7.16. The average molecular weight is 379 g/mol. The SMILES string of the molecule is CNc1cc(C)nc(N2CCC(c3n[nH]c(=O)n3Cc3ccccc3)CC2)n1. The van der Waals surface area contributed by atoms with Gasteiger partial charge in [-0.15, -0.1) is 0 Å². The summed E-state index contributed by atoms with van der Waals surface area (Å²) < 4.78 is 1.76. The molecule has 1 saturated heterocycles. The minimum Gasteiger partial charge on any atom is -0.373 e. The highest BCUT2D eigenvalue weighted by Gasteiger charge is 2.27. The van der Waals surface area contributed by atoms with Crippen LogP contribution in [0.5, 0.6) is 0 Å². The first-order valence-electron chi connectivity index (χ1n) is 9.61. The first-order chi connectivity index (χ1) is 13.6. The molecule has 3 aromatic rings. The molecule has 4 rings (SSSR count). The average Bonchev–Trinajstić information content (AvgIpc) is 3.08. The topological polar surface area (TPSA) is 91.7 Å². The van der Waals surface area contributed by atoms with Crippen molar-refractivity contribution in [3.8, 4) is 0 Å². The van der Waals surface area contributed by atoms with E-state index >= 15 is 0 Å². The Kier molecular flexibility index (Phi) is 5.10. The van der Waals surface area contributed by atoms with Crippen molar-refractivity contribution in [2.24, 2.45) is 0 Å². The van der Waals surface area contributed by atoms with Crippen LogP contribution >= 0.6 is 0 Å². The van der Waals surface area contributed by atoms with Crippen LogP contribution in [0, 0.1) is 6.92 Å². The zero-order chi connectivity index (χ0) is 19.5. The molecule has 1 aliphatic heterocycles. The molecule has 2 aromatic heterocycles. The normalized spacial score (nSPS) is 15.0. The summed E-state index contributed by atoms with van der Waals surface area (Å²) in [6.45, 7) is 4.19. The molecule has 1 fully saturated rings. The summed E-state index contributed by atoms with van der Waals surface area (Å²) in [5, 5.41) is 10.1. The number of H-pyrrole nitrogens is 1. The van der Waals surface area contributed by atoms with E-state index in [4.69, 9.17) is 0 Å². The summed E-state index contributed by atoms with van der Waals surface area (Å²) in [7, 11) is 1.86. The fourth-order valence-electron chi connectivity index (χ4n) is 3.72. The lowest BCUT2D eigenvalue weighted by Crippen LogP contribution is -2.35. The number of aromatic nitrogens is 5. The predicted octanol–water partition coefficient (Wildman–Crippen LogP) is 2.14. The summed E-state index contributed by atoms with van der Waals surface area (Å²) in [4.78, 5) is 23.6. The molecule has 0 saturated carbocycles. The monoisotopic (exact) mass is 379 g/mol. The van der Waals surface area contributed by atoms with Gasteiger partial charge in [-0.25, -0.2) is 14.9 Å². The zero-order valence-electron chi connectivity index (χ0n) is 16.2. The molecule has 8 heteroatoms. The van der Waals surface area contributed by atoms with Gasteiger partial charge in [-0.2, -0.15) is 10.1 Å². The van der Waals surface area contributed by atoms with Crippen LogP contribution in [0.3, 0.4) is 0 Å². The highest BCUT2D eigenvalue weighted by Crippen LogP contribution is 2.28. The third-order valence-electron chi connectivity index (χ3n) is 5.21. The van der Waals surface area contributed by atoms with Crippen molar-refractivity contribution in [2.45, 2.75) is 32.2 Å². The second kappa shape index (κ2) is 7.84. The van der Waals surface area contributed by atoms with Crippen LogP contribution in [0.4, 0.5) is 11.8 Å². The minimum atomic E-state index is -0.151. The molecule has 0 amide bonds. The number of rotatable bonds is 5. The number of piperidine rings is 1. The molecule has 0 unspecified atom stereocenters. The lowest BCUT2D eigenvalue weighted by Gasteiger charge is -2.31. The highest BCUT2D eigenvalue weighted by molar-refractivity contribution is 5.43. The van der Waals surface area contributed by atoms with E-state index < -0.39 is 0 Å². The first-order valence-corrected chi connectivity index (χ1v) is 9.61. The molecule has 146 valence electrons. The van der Waals surface area contributed by atoms with Crippen LogP contribution in [-0.2, 0) is 6.54 Å². The number of aryl methyl sites for hydroxylation is 1. The van der Waals surface area contributed by atoms with Crippen LogP contribution in [0.2, 0.25) is 0 Å². The van der Waals surface area contributed by atoms with Crippen molar-refractivity contribution in [1.29, 1.82) is 0 Å². The third kappa shape index (κ3) is 3.76. The van der Waals surface area contributed by atoms with Crippen LogP contribution in [0.25, 0.3) is 0 Å². The number of benzene rings is 1. The Balaban J connectivity index is 1.49. The van der Waals surface area contributed by atoms with E-state index in [0.29, 0.717) is 6.54 Å². The van der Waals surface area contributed by atoms with Crippen molar-refractivity contribution in [2.75, 3.05) is 30.4 Å². The Morgan fingerprint density at radius 1 is 1.18 bits per heavy atom. The molecular weight excluding hydrogens is 354 g/mol. The summed E-state index contributed by atoms with van der Waals surface area (Å²) in [5.41, 5.74) is 1.89. The van der Waals surface area contributed by atoms with Crippen molar-refractivity contribution >= 4 is 11.8 Å². The number of aromatic amines is 1. The number of anilines is 2. The summed E-state index contributed by atoms with van der Waals surface area (Å²) >= 11 is 0. The Morgan fingerprint density at radius 3 is 2.64 bits per heavy atom. The van der Waals surface area contributed by atoms with Crippen molar-refractivity contribution < 1.29 is 0 Å². The Hall–Kier alpha value is -3.16. The van der Waals surface area contributed by atoms with E-state index in [9.17, 15) is 4.79 Å². The molecule has 2 N–H and O–H groups in total. The predicted molar refractivity (Wildman–Crippen MR) is 109 cm³/mol. The van der Waals surface area contributed by atoms with Gasteiger partial charge in [0.25, 0.3) is 0 Å². The maximum absolute atomic E-state index is 12.3. The highest BCUT2D eigenvalue weighted by atomic mass is 16.1. The summed E-state index contributed by atoms with van der Waals surface area (Å²) in [6.07, 6.45) is 1.82. The van der Waals surface area contributed by atoms with Gasteiger partial charge in [0.1, 0.15) is 11.6 Å². The van der Waals surface area contributed by atoms with E-state index in [1.807, 2.05) is 50.4 Å². The minimum absolute atomic E-state index is 0.151. The molecule has 1 aliphatic rings. The van der Waals surface area contributed by atoms with Gasteiger partial charge in [0.05, 0.1) is 6.54 Å². The molecular formula is C20H25N7O. The van der Waals surface area contributed by atoms with Crippen LogP contribution < -0.4 is 15.9 Å². The van der Waals surface area contributed by atoms with Crippen LogP contribution in [-0.4, -0.2) is 44.9 Å². The van der Waals surface area contributed by atoms with E-state index in [1.165, 1.54) is 0 Å². The number of hydrogen-bond donors (Lipinski definition) is 2. The lowest BCUT2D eigenvalue weighted by molar-refractivity contribution is 0.463. The fourth-order valence-corrected chi connectivity index (χ4v) is 3.72. The molecule has 0 aliphatic carbocycles. The number of nitrogens with one attached hydrogen (secondary N) is 2. The molecule has 0 spiro atoms. The lowest BCUT2D eigenvalue weighted by atomic mass is 9.96. The fraction of sp³-hybridized carbons (Fsp3) is 0.400. The van der Waals surface area contributed by atoms with Gasteiger partial charge in [0.15, 0.2) is 0 Å². The number of nitrogens with zero attached hydrogens (tertiary/aromatic N) is 5. The van der Waals surface area contributed by atoms with Gasteiger partial charge in [-0.1, -0.05) is 30.3 Å². The standard InChI is InChI=1S/C20H25N7O/c1-14-12-17(21-2)23-19(22-14)26-10-8-16(9-11-26)18-24-25-20(28)27(18)13-15-6-4-3-5-7-15/h3-7,12,16H,8-11,13H2,1-2H3,(H,25,28)(H,21,22,23). The van der Waals surface area contributed by atoms with Crippen molar-refractivity contribution in [3.05, 3.63) is 64.0 Å². The third-order valence-corrected chi connectivity index (χ3v) is 5.21. The quantitative estimate of drug-likeness (QED) is 0.706.